The van der Waals surface area contributed by atoms with Crippen LogP contribution in [0.4, 0.5) is 8.78 Å². The van der Waals surface area contributed by atoms with E-state index < -0.39 is 23.0 Å². The van der Waals surface area contributed by atoms with Gasteiger partial charge in [0.15, 0.2) is 0 Å². The van der Waals surface area contributed by atoms with Crippen LogP contribution in [0.25, 0.3) is 0 Å². The molecule has 0 saturated carbocycles. The Morgan fingerprint density at radius 1 is 1.40 bits per heavy atom. The Morgan fingerprint density at radius 3 is 2.45 bits per heavy atom. The van der Waals surface area contributed by atoms with E-state index >= 15 is 0 Å². The van der Waals surface area contributed by atoms with Crippen molar-refractivity contribution in [1.82, 2.24) is 4.31 Å². The van der Waals surface area contributed by atoms with Gasteiger partial charge in [-0.05, 0) is 12.1 Å². The molecular weight excluding hydrogens is 335 g/mol. The Balaban J connectivity index is 3.41. The lowest BCUT2D eigenvalue weighted by Gasteiger charge is -2.20. The van der Waals surface area contributed by atoms with Crippen LogP contribution in [0.5, 0.6) is 5.75 Å². The fourth-order valence-corrected chi connectivity index (χ4v) is 3.48. The molecule has 1 aromatic rings. The zero-order valence-corrected chi connectivity index (χ0v) is 13.1. The average Bonchev–Trinajstić information content (AvgIpc) is 2.36. The molecule has 0 saturated heterocycles. The second-order valence-corrected chi connectivity index (χ2v) is 6.62. The largest absolute Gasteiger partial charge is 0.495 e. The number of hydrogen-bond acceptors (Lipinski definition) is 3. The second kappa shape index (κ2) is 6.89. The molecule has 0 fully saturated rings. The van der Waals surface area contributed by atoms with Crippen molar-refractivity contribution in [2.75, 3.05) is 20.7 Å². The Kier molecular flexibility index (Phi) is 6.00. The molecule has 4 nitrogen and oxygen atoms in total. The highest BCUT2D eigenvalue weighted by atomic mass is 35.5. The van der Waals surface area contributed by atoms with Crippen molar-refractivity contribution in [2.45, 2.75) is 17.2 Å². The van der Waals surface area contributed by atoms with Gasteiger partial charge in [0.2, 0.25) is 10.0 Å². The van der Waals surface area contributed by atoms with Gasteiger partial charge in [0.05, 0.1) is 19.5 Å². The number of benzene rings is 1. The Bertz CT molecular complexity index is 581. The van der Waals surface area contributed by atoms with E-state index in [1.54, 1.807) is 0 Å². The van der Waals surface area contributed by atoms with Crippen molar-refractivity contribution in [1.29, 1.82) is 0 Å². The van der Waals surface area contributed by atoms with Gasteiger partial charge in [0, 0.05) is 17.6 Å². The topological polar surface area (TPSA) is 46.6 Å². The molecule has 0 aliphatic carbocycles. The predicted molar refractivity (Wildman–Crippen MR) is 73.4 cm³/mol. The van der Waals surface area contributed by atoms with Gasteiger partial charge >= 0.3 is 0 Å². The van der Waals surface area contributed by atoms with E-state index in [2.05, 4.69) is 0 Å². The van der Waals surface area contributed by atoms with Crippen LogP contribution in [0.3, 0.4) is 0 Å². The van der Waals surface area contributed by atoms with E-state index in [1.807, 2.05) is 0 Å². The molecule has 0 bridgehead atoms. The van der Waals surface area contributed by atoms with E-state index in [-0.39, 0.29) is 21.5 Å². The first-order valence-electron chi connectivity index (χ1n) is 5.41. The van der Waals surface area contributed by atoms with Gasteiger partial charge in [-0.3, -0.25) is 0 Å². The fraction of sp³-hybridized carbons (Fsp3) is 0.455. The number of nitrogens with zero attached hydrogens (tertiary/aromatic N) is 1. The number of sulfonamides is 1. The maximum atomic E-state index is 12.4. The minimum Gasteiger partial charge on any atom is -0.495 e. The van der Waals surface area contributed by atoms with Gasteiger partial charge in [0.25, 0.3) is 6.43 Å². The van der Waals surface area contributed by atoms with Crippen molar-refractivity contribution < 1.29 is 21.9 Å². The summed E-state index contributed by atoms with van der Waals surface area (Å²) >= 11 is 11.5. The van der Waals surface area contributed by atoms with E-state index in [9.17, 15) is 17.2 Å². The predicted octanol–water partition coefficient (Wildman–Crippen LogP) is 2.97. The summed E-state index contributed by atoms with van der Waals surface area (Å²) in [6, 6.07) is 2.60. The molecule has 0 amide bonds. The summed E-state index contributed by atoms with van der Waals surface area (Å²) in [7, 11) is -1.82. The SMILES string of the molecule is COc1c(CCl)cc(Cl)cc1S(=O)(=O)N(C)CC(F)F. The van der Waals surface area contributed by atoms with Gasteiger partial charge in [-0.15, -0.1) is 11.6 Å². The molecule has 0 aliphatic rings. The summed E-state index contributed by atoms with van der Waals surface area (Å²) in [4.78, 5) is -0.286. The summed E-state index contributed by atoms with van der Waals surface area (Å²) in [5, 5.41) is 0.130. The highest BCUT2D eigenvalue weighted by molar-refractivity contribution is 7.89. The van der Waals surface area contributed by atoms with Crippen LogP contribution >= 0.6 is 23.2 Å². The number of halogens is 4. The monoisotopic (exact) mass is 347 g/mol. The average molecular weight is 348 g/mol. The van der Waals surface area contributed by atoms with Gasteiger partial charge in [0.1, 0.15) is 10.6 Å². The number of rotatable bonds is 6. The molecule has 0 spiro atoms. The molecular formula is C11H13Cl2F2NO3S. The van der Waals surface area contributed by atoms with Crippen LogP contribution in [0.15, 0.2) is 17.0 Å². The van der Waals surface area contributed by atoms with Gasteiger partial charge in [-0.2, -0.15) is 4.31 Å². The number of hydrogen-bond donors (Lipinski definition) is 0. The molecule has 0 heterocycles. The highest BCUT2D eigenvalue weighted by Crippen LogP contribution is 2.34. The molecule has 0 N–H and O–H groups in total. The van der Waals surface area contributed by atoms with Crippen LogP contribution in [0.1, 0.15) is 5.56 Å². The maximum Gasteiger partial charge on any atom is 0.252 e. The number of ether oxygens (including phenoxy) is 1. The number of methoxy groups -OCH3 is 1. The molecule has 1 rings (SSSR count). The molecule has 1 aromatic carbocycles. The van der Waals surface area contributed by atoms with E-state index in [1.165, 1.54) is 13.2 Å². The first-order valence-corrected chi connectivity index (χ1v) is 7.76. The maximum absolute atomic E-state index is 12.4. The first kappa shape index (κ1) is 17.4. The van der Waals surface area contributed by atoms with E-state index in [0.717, 1.165) is 13.1 Å². The van der Waals surface area contributed by atoms with Gasteiger partial charge < -0.3 is 4.74 Å². The number of alkyl halides is 3. The normalized spacial score (nSPS) is 12.2. The lowest BCUT2D eigenvalue weighted by atomic mass is 10.2. The summed E-state index contributed by atoms with van der Waals surface area (Å²) in [6.07, 6.45) is -2.78. The van der Waals surface area contributed by atoms with E-state index in [4.69, 9.17) is 27.9 Å². The van der Waals surface area contributed by atoms with Gasteiger partial charge in [-0.25, -0.2) is 17.2 Å². The third kappa shape index (κ3) is 3.72. The molecule has 0 aliphatic heterocycles. The third-order valence-corrected chi connectivity index (χ3v) is 4.86. The van der Waals surface area contributed by atoms with Crippen molar-refractivity contribution in [2.24, 2.45) is 0 Å². The zero-order chi connectivity index (χ0) is 15.5. The van der Waals surface area contributed by atoms with Crippen molar-refractivity contribution in [3.8, 4) is 5.75 Å². The lowest BCUT2D eigenvalue weighted by Crippen LogP contribution is -2.31. The van der Waals surface area contributed by atoms with Crippen LogP contribution in [-0.4, -0.2) is 39.9 Å². The summed E-state index contributed by atoms with van der Waals surface area (Å²) < 4.78 is 54.8. The van der Waals surface area contributed by atoms with E-state index in [0.29, 0.717) is 9.87 Å². The molecule has 114 valence electrons. The van der Waals surface area contributed by atoms with Crippen LogP contribution in [-0.2, 0) is 15.9 Å². The van der Waals surface area contributed by atoms with Crippen LogP contribution in [0, 0.1) is 0 Å². The summed E-state index contributed by atoms with van der Waals surface area (Å²) in [6.45, 7) is -0.922. The standard InChI is InChI=1S/C11H13Cl2F2NO3S/c1-16(6-10(14)15)20(17,18)9-4-8(13)3-7(5-12)11(9)19-2/h3-4,10H,5-6H2,1-2H3. The molecule has 20 heavy (non-hydrogen) atoms. The fourth-order valence-electron chi connectivity index (χ4n) is 1.61. The molecule has 0 unspecified atom stereocenters. The first-order chi connectivity index (χ1) is 9.23. The molecule has 0 aromatic heterocycles. The van der Waals surface area contributed by atoms with Gasteiger partial charge in [-0.1, -0.05) is 11.6 Å². The lowest BCUT2D eigenvalue weighted by molar-refractivity contribution is 0.126. The minimum absolute atomic E-state index is 0.00511. The highest BCUT2D eigenvalue weighted by Gasteiger charge is 2.28. The Labute approximate surface area is 126 Å². The molecule has 0 atom stereocenters. The zero-order valence-electron chi connectivity index (χ0n) is 10.7. The van der Waals surface area contributed by atoms with Crippen molar-refractivity contribution in [3.63, 3.8) is 0 Å². The van der Waals surface area contributed by atoms with Crippen molar-refractivity contribution in [3.05, 3.63) is 22.7 Å². The molecule has 9 heteroatoms. The van der Waals surface area contributed by atoms with Crippen LogP contribution < -0.4 is 4.74 Å². The second-order valence-electron chi connectivity index (χ2n) is 3.91. The van der Waals surface area contributed by atoms with Crippen LogP contribution in [0.2, 0.25) is 5.02 Å². The Morgan fingerprint density at radius 2 is 2.00 bits per heavy atom. The van der Waals surface area contributed by atoms with Crippen molar-refractivity contribution >= 4 is 33.2 Å². The minimum atomic E-state index is -4.15. The quantitative estimate of drug-likeness (QED) is 0.743. The Hall–Kier alpha value is -0.630. The smallest absolute Gasteiger partial charge is 0.252 e. The molecule has 0 radical (unpaired) electrons. The summed E-state index contributed by atoms with van der Waals surface area (Å²) in [5.41, 5.74) is 0.366. The third-order valence-electron chi connectivity index (χ3n) is 2.53. The summed E-state index contributed by atoms with van der Waals surface area (Å²) in [5.74, 6) is -0.0179.